The second kappa shape index (κ2) is 7.72. The molecule has 1 saturated carbocycles. The highest BCUT2D eigenvalue weighted by Crippen LogP contribution is 2.53. The number of fused-ring (bicyclic) bond motifs is 5. The third-order valence-corrected chi connectivity index (χ3v) is 6.44. The van der Waals surface area contributed by atoms with E-state index in [0.29, 0.717) is 17.8 Å². The second-order valence-electron chi connectivity index (χ2n) is 8.49. The molecule has 162 valence electrons. The molecule has 1 aliphatic carbocycles. The first-order valence-electron chi connectivity index (χ1n) is 10.8. The molecule has 4 N–H and O–H groups in total. The van der Waals surface area contributed by atoms with Crippen molar-refractivity contribution in [3.05, 3.63) is 35.5 Å². The number of rotatable bonds is 6. The number of benzene rings is 1. The summed E-state index contributed by atoms with van der Waals surface area (Å²) in [5.41, 5.74) is 3.13. The number of hydrogen-bond acceptors (Lipinski definition) is 7. The summed E-state index contributed by atoms with van der Waals surface area (Å²) in [6.45, 7) is 1.44. The zero-order chi connectivity index (χ0) is 21.5. The summed E-state index contributed by atoms with van der Waals surface area (Å²) in [7, 11) is 0. The Morgan fingerprint density at radius 3 is 2.65 bits per heavy atom. The van der Waals surface area contributed by atoms with E-state index in [2.05, 4.69) is 25.9 Å². The molecule has 2 fully saturated rings. The predicted octanol–water partition coefficient (Wildman–Crippen LogP) is 2.74. The van der Waals surface area contributed by atoms with Crippen LogP contribution in [0.3, 0.4) is 0 Å². The summed E-state index contributed by atoms with van der Waals surface area (Å²) >= 11 is 0. The summed E-state index contributed by atoms with van der Waals surface area (Å²) in [5.74, 6) is 0.626. The first kappa shape index (κ1) is 19.6. The lowest BCUT2D eigenvalue weighted by Gasteiger charge is -2.27. The van der Waals surface area contributed by atoms with Crippen LogP contribution in [0.25, 0.3) is 0 Å². The largest absolute Gasteiger partial charge is 0.503 e. The number of carbonyl (C=O) groups is 2. The molecular formula is C22H26N6O3. The lowest BCUT2D eigenvalue weighted by Crippen LogP contribution is -2.37. The Bertz CT molecular complexity index is 1040. The van der Waals surface area contributed by atoms with Gasteiger partial charge < -0.3 is 26.0 Å². The number of anilines is 3. The predicted molar refractivity (Wildman–Crippen MR) is 115 cm³/mol. The maximum absolute atomic E-state index is 12.7. The Hall–Kier alpha value is -3.36. The Labute approximate surface area is 180 Å². The van der Waals surface area contributed by atoms with E-state index in [4.69, 9.17) is 0 Å². The topological polar surface area (TPSA) is 119 Å². The Kier molecular flexibility index (Phi) is 4.88. The molecule has 0 radical (unpaired) electrons. The van der Waals surface area contributed by atoms with Gasteiger partial charge >= 0.3 is 0 Å². The highest BCUT2D eigenvalue weighted by atomic mass is 16.3. The number of carbonyl (C=O) groups excluding carboxylic acids is 2. The third kappa shape index (κ3) is 3.64. The van der Waals surface area contributed by atoms with Gasteiger partial charge in [0.25, 0.3) is 0 Å². The van der Waals surface area contributed by atoms with Gasteiger partial charge in [0.05, 0.1) is 24.8 Å². The van der Waals surface area contributed by atoms with E-state index >= 15 is 0 Å². The zero-order valence-corrected chi connectivity index (χ0v) is 17.4. The van der Waals surface area contributed by atoms with E-state index in [9.17, 15) is 14.7 Å². The molecule has 2 aromatic rings. The molecule has 31 heavy (non-hydrogen) atoms. The number of aromatic nitrogens is 2. The summed E-state index contributed by atoms with van der Waals surface area (Å²) in [6, 6.07) is 6.51. The van der Waals surface area contributed by atoms with Crippen molar-refractivity contribution in [2.45, 2.75) is 57.2 Å². The van der Waals surface area contributed by atoms with Gasteiger partial charge in [0, 0.05) is 18.7 Å². The number of amides is 2. The molecule has 5 rings (SSSR count). The van der Waals surface area contributed by atoms with Gasteiger partial charge in [-0.3, -0.25) is 9.59 Å². The molecule has 2 amide bonds. The van der Waals surface area contributed by atoms with Crippen molar-refractivity contribution in [2.24, 2.45) is 0 Å². The first-order valence-corrected chi connectivity index (χ1v) is 10.8. The molecule has 2 unspecified atom stereocenters. The van der Waals surface area contributed by atoms with Crippen LogP contribution in [0, 0.1) is 0 Å². The highest BCUT2D eigenvalue weighted by Gasteiger charge is 2.46. The van der Waals surface area contributed by atoms with Gasteiger partial charge in [0.1, 0.15) is 0 Å². The second-order valence-corrected chi connectivity index (χ2v) is 8.49. The molecule has 9 heteroatoms. The van der Waals surface area contributed by atoms with E-state index in [0.717, 1.165) is 42.5 Å². The Balaban J connectivity index is 1.33. The van der Waals surface area contributed by atoms with Crippen LogP contribution < -0.4 is 16.0 Å². The van der Waals surface area contributed by atoms with Gasteiger partial charge in [-0.2, -0.15) is 4.98 Å². The molecule has 2 bridgehead atoms. The summed E-state index contributed by atoms with van der Waals surface area (Å²) in [5, 5.41) is 19.1. The van der Waals surface area contributed by atoms with Gasteiger partial charge in [-0.1, -0.05) is 6.07 Å². The normalized spacial score (nSPS) is 21.4. The van der Waals surface area contributed by atoms with E-state index < -0.39 is 0 Å². The monoisotopic (exact) mass is 422 g/mol. The fraction of sp³-hybridized carbons (Fsp3) is 0.455. The lowest BCUT2D eigenvalue weighted by molar-refractivity contribution is -0.134. The molecule has 9 nitrogen and oxygen atoms in total. The van der Waals surface area contributed by atoms with Crippen LogP contribution in [0.4, 0.5) is 17.5 Å². The molecule has 1 aromatic heterocycles. The molecule has 2 atom stereocenters. The van der Waals surface area contributed by atoms with Crippen LogP contribution in [0.2, 0.25) is 0 Å². The van der Waals surface area contributed by atoms with Crippen molar-refractivity contribution >= 4 is 29.3 Å². The molecule has 1 aromatic carbocycles. The van der Waals surface area contributed by atoms with E-state index in [1.807, 2.05) is 23.1 Å². The van der Waals surface area contributed by atoms with Crippen LogP contribution in [0.15, 0.2) is 24.4 Å². The SMILES string of the molecule is CC(=O)NCC(=O)N1C2CCC1c1cc(Nc3ncc(O)c(NC4CCC4)n3)ccc12. The molecule has 3 heterocycles. The van der Waals surface area contributed by atoms with Crippen LogP contribution in [0.5, 0.6) is 5.75 Å². The van der Waals surface area contributed by atoms with Crippen molar-refractivity contribution < 1.29 is 14.7 Å². The van der Waals surface area contributed by atoms with Crippen molar-refractivity contribution in [1.29, 1.82) is 0 Å². The van der Waals surface area contributed by atoms with Crippen LogP contribution in [-0.2, 0) is 9.59 Å². The van der Waals surface area contributed by atoms with E-state index in [-0.39, 0.29) is 36.2 Å². The van der Waals surface area contributed by atoms with Crippen LogP contribution >= 0.6 is 0 Å². The van der Waals surface area contributed by atoms with Gasteiger partial charge in [-0.05, 0) is 55.4 Å². The Morgan fingerprint density at radius 2 is 1.94 bits per heavy atom. The average molecular weight is 422 g/mol. The average Bonchev–Trinajstić information content (AvgIpc) is 3.28. The summed E-state index contributed by atoms with van der Waals surface area (Å²) < 4.78 is 0. The maximum Gasteiger partial charge on any atom is 0.242 e. The summed E-state index contributed by atoms with van der Waals surface area (Å²) in [6.07, 6.45) is 6.60. The van der Waals surface area contributed by atoms with Gasteiger partial charge in [0.15, 0.2) is 11.6 Å². The Morgan fingerprint density at radius 1 is 1.16 bits per heavy atom. The third-order valence-electron chi connectivity index (χ3n) is 6.44. The molecule has 3 aliphatic rings. The minimum Gasteiger partial charge on any atom is -0.503 e. The van der Waals surface area contributed by atoms with Gasteiger partial charge in [-0.25, -0.2) is 4.98 Å². The van der Waals surface area contributed by atoms with Crippen molar-refractivity contribution in [3.8, 4) is 5.75 Å². The standard InChI is InChI=1S/C22H26N6O3/c1-12(29)23-11-20(31)28-17-7-8-18(28)16-9-14(5-6-15(16)17)26-22-24-10-19(30)21(27-22)25-13-3-2-4-13/h5-6,9-10,13,17-18,30H,2-4,7-8,11H2,1H3,(H,23,29)(H2,24,25,26,27). The van der Waals surface area contributed by atoms with Crippen LogP contribution in [0.1, 0.15) is 62.2 Å². The number of nitrogens with zero attached hydrogens (tertiary/aromatic N) is 3. The van der Waals surface area contributed by atoms with Crippen molar-refractivity contribution in [1.82, 2.24) is 20.2 Å². The number of hydrogen-bond donors (Lipinski definition) is 4. The minimum absolute atomic E-state index is 0.0273. The van der Waals surface area contributed by atoms with Crippen molar-refractivity contribution in [3.63, 3.8) is 0 Å². The minimum atomic E-state index is -0.205. The zero-order valence-electron chi connectivity index (χ0n) is 17.4. The molecule has 2 aliphatic heterocycles. The lowest BCUT2D eigenvalue weighted by atomic mass is 9.91. The highest BCUT2D eigenvalue weighted by molar-refractivity contribution is 5.85. The van der Waals surface area contributed by atoms with E-state index in [1.165, 1.54) is 19.5 Å². The van der Waals surface area contributed by atoms with Gasteiger partial charge in [0.2, 0.25) is 17.8 Å². The van der Waals surface area contributed by atoms with Crippen LogP contribution in [-0.4, -0.2) is 44.4 Å². The molecule has 0 spiro atoms. The molecular weight excluding hydrogens is 396 g/mol. The number of aromatic hydroxyl groups is 1. The summed E-state index contributed by atoms with van der Waals surface area (Å²) in [4.78, 5) is 34.4. The van der Waals surface area contributed by atoms with E-state index in [1.54, 1.807) is 0 Å². The van der Waals surface area contributed by atoms with Crippen molar-refractivity contribution in [2.75, 3.05) is 17.2 Å². The quantitative estimate of drug-likeness (QED) is 0.565. The van der Waals surface area contributed by atoms with Gasteiger partial charge in [-0.15, -0.1) is 0 Å². The fourth-order valence-corrected chi connectivity index (χ4v) is 4.72. The first-order chi connectivity index (χ1) is 15.0. The number of nitrogens with one attached hydrogen (secondary N) is 3. The maximum atomic E-state index is 12.7. The molecule has 1 saturated heterocycles. The fourth-order valence-electron chi connectivity index (χ4n) is 4.72. The smallest absolute Gasteiger partial charge is 0.242 e.